The van der Waals surface area contributed by atoms with Crippen molar-refractivity contribution in [2.24, 2.45) is 0 Å². The molecule has 2 N–H and O–H groups in total. The Morgan fingerprint density at radius 1 is 1.26 bits per heavy atom. The molecule has 5 nitrogen and oxygen atoms in total. The highest BCUT2D eigenvalue weighted by Crippen LogP contribution is 2.26. The maximum Gasteiger partial charge on any atom is 0.262 e. The fourth-order valence-electron chi connectivity index (χ4n) is 2.90. The fourth-order valence-corrected chi connectivity index (χ4v) is 2.90. The van der Waals surface area contributed by atoms with Crippen LogP contribution in [0, 0.1) is 17.1 Å². The number of halogens is 1. The Balaban J connectivity index is 1.73. The van der Waals surface area contributed by atoms with Gasteiger partial charge in [-0.1, -0.05) is 24.3 Å². The normalized spacial score (nSPS) is 14.6. The van der Waals surface area contributed by atoms with E-state index in [1.165, 1.54) is 30.3 Å². The summed E-state index contributed by atoms with van der Waals surface area (Å²) in [5.41, 5.74) is 3.22. The zero-order valence-corrected chi connectivity index (χ0v) is 14.8. The van der Waals surface area contributed by atoms with Crippen molar-refractivity contribution in [1.29, 1.82) is 5.26 Å². The molecule has 1 heterocycles. The molecule has 0 saturated carbocycles. The summed E-state index contributed by atoms with van der Waals surface area (Å²) < 4.78 is 13.0. The van der Waals surface area contributed by atoms with Gasteiger partial charge in [0.2, 0.25) is 5.91 Å². The summed E-state index contributed by atoms with van der Waals surface area (Å²) in [6.45, 7) is 1.83. The van der Waals surface area contributed by atoms with Gasteiger partial charge in [-0.2, -0.15) is 5.26 Å². The number of nitriles is 1. The Bertz CT molecular complexity index is 958. The third kappa shape index (κ3) is 4.39. The van der Waals surface area contributed by atoms with Crippen LogP contribution < -0.4 is 10.6 Å². The minimum absolute atomic E-state index is 0.00111. The highest BCUT2D eigenvalue weighted by atomic mass is 19.1. The van der Waals surface area contributed by atoms with Crippen LogP contribution in [0.3, 0.4) is 0 Å². The van der Waals surface area contributed by atoms with Crippen molar-refractivity contribution < 1.29 is 14.0 Å². The molecule has 0 radical (unpaired) electrons. The number of amides is 2. The first-order valence-corrected chi connectivity index (χ1v) is 8.57. The summed E-state index contributed by atoms with van der Waals surface area (Å²) in [7, 11) is 0. The summed E-state index contributed by atoms with van der Waals surface area (Å²) in [6.07, 6.45) is 2.52. The summed E-state index contributed by atoms with van der Waals surface area (Å²) in [4.78, 5) is 23.9. The molecular formula is C21H18FN3O2. The lowest BCUT2D eigenvalue weighted by Gasteiger charge is -2.20. The van der Waals surface area contributed by atoms with Crippen LogP contribution in [0.5, 0.6) is 0 Å². The minimum atomic E-state index is -0.500. The number of hydrogen-bond donors (Lipinski definition) is 2. The second kappa shape index (κ2) is 7.83. The number of carbonyl (C=O) groups is 2. The van der Waals surface area contributed by atoms with Crippen LogP contribution in [0.2, 0.25) is 0 Å². The standard InChI is InChI=1S/C21H18FN3O2/c1-13(15-4-8-19-16(11-15)5-9-20(26)25-19)24-21(27)17(12-23)10-14-2-6-18(22)7-3-14/h2-4,6-8,10-11,13H,5,9H2,1H3,(H,24,27)(H,25,26)/b17-10-. The molecule has 2 aromatic rings. The van der Waals surface area contributed by atoms with Crippen LogP contribution in [0.1, 0.15) is 36.1 Å². The number of carbonyl (C=O) groups excluding carboxylic acids is 2. The average Bonchev–Trinajstić information content (AvgIpc) is 2.66. The number of anilines is 1. The van der Waals surface area contributed by atoms with E-state index in [1.807, 2.05) is 31.2 Å². The predicted octanol–water partition coefficient (Wildman–Crippen LogP) is 3.49. The second-order valence-corrected chi connectivity index (χ2v) is 6.38. The number of hydrogen-bond acceptors (Lipinski definition) is 3. The Labute approximate surface area is 156 Å². The van der Waals surface area contributed by atoms with Gasteiger partial charge in [0.05, 0.1) is 6.04 Å². The number of rotatable bonds is 4. The number of nitrogens with zero attached hydrogens (tertiary/aromatic N) is 1. The largest absolute Gasteiger partial charge is 0.345 e. The molecular weight excluding hydrogens is 345 g/mol. The van der Waals surface area contributed by atoms with E-state index in [-0.39, 0.29) is 23.3 Å². The van der Waals surface area contributed by atoms with Crippen LogP contribution in [-0.2, 0) is 16.0 Å². The van der Waals surface area contributed by atoms with Crippen LogP contribution in [0.15, 0.2) is 48.0 Å². The minimum Gasteiger partial charge on any atom is -0.345 e. The van der Waals surface area contributed by atoms with Crippen molar-refractivity contribution in [3.8, 4) is 6.07 Å². The van der Waals surface area contributed by atoms with E-state index >= 15 is 0 Å². The van der Waals surface area contributed by atoms with Gasteiger partial charge in [0.25, 0.3) is 5.91 Å². The van der Waals surface area contributed by atoms with Gasteiger partial charge in [0.15, 0.2) is 0 Å². The smallest absolute Gasteiger partial charge is 0.262 e. The van der Waals surface area contributed by atoms with Crippen molar-refractivity contribution in [3.63, 3.8) is 0 Å². The van der Waals surface area contributed by atoms with Crippen molar-refractivity contribution in [3.05, 3.63) is 70.5 Å². The molecule has 0 aliphatic carbocycles. The van der Waals surface area contributed by atoms with Gasteiger partial charge < -0.3 is 10.6 Å². The summed E-state index contributed by atoms with van der Waals surface area (Å²) in [5.74, 6) is -0.881. The molecule has 27 heavy (non-hydrogen) atoms. The van der Waals surface area contributed by atoms with Gasteiger partial charge in [-0.15, -0.1) is 0 Å². The maximum absolute atomic E-state index is 13.0. The molecule has 1 atom stereocenters. The lowest BCUT2D eigenvalue weighted by atomic mass is 9.97. The monoisotopic (exact) mass is 363 g/mol. The maximum atomic E-state index is 13.0. The topological polar surface area (TPSA) is 82.0 Å². The summed E-state index contributed by atoms with van der Waals surface area (Å²) in [6, 6.07) is 12.7. The lowest BCUT2D eigenvalue weighted by Crippen LogP contribution is -2.28. The van der Waals surface area contributed by atoms with E-state index < -0.39 is 5.91 Å². The van der Waals surface area contributed by atoms with E-state index in [0.29, 0.717) is 18.4 Å². The van der Waals surface area contributed by atoms with Gasteiger partial charge in [0, 0.05) is 12.1 Å². The molecule has 1 unspecified atom stereocenters. The molecule has 3 rings (SSSR count). The number of fused-ring (bicyclic) bond motifs is 1. The van der Waals surface area contributed by atoms with Crippen molar-refractivity contribution >= 4 is 23.6 Å². The first kappa shape index (κ1) is 18.3. The first-order chi connectivity index (χ1) is 13.0. The van der Waals surface area contributed by atoms with Crippen LogP contribution >= 0.6 is 0 Å². The van der Waals surface area contributed by atoms with E-state index in [4.69, 9.17) is 0 Å². The van der Waals surface area contributed by atoms with E-state index in [9.17, 15) is 19.2 Å². The third-order valence-electron chi connectivity index (χ3n) is 4.42. The van der Waals surface area contributed by atoms with Crippen LogP contribution in [0.25, 0.3) is 6.08 Å². The van der Waals surface area contributed by atoms with Crippen LogP contribution in [0.4, 0.5) is 10.1 Å². The van der Waals surface area contributed by atoms with Crippen molar-refractivity contribution in [2.75, 3.05) is 5.32 Å². The molecule has 0 bridgehead atoms. The Morgan fingerprint density at radius 2 is 2.00 bits per heavy atom. The molecule has 1 aliphatic rings. The van der Waals surface area contributed by atoms with Gasteiger partial charge in [0.1, 0.15) is 17.5 Å². The molecule has 2 amide bonds. The molecule has 0 spiro atoms. The van der Waals surface area contributed by atoms with Gasteiger partial charge >= 0.3 is 0 Å². The van der Waals surface area contributed by atoms with E-state index in [1.54, 1.807) is 0 Å². The molecule has 6 heteroatoms. The van der Waals surface area contributed by atoms with Crippen molar-refractivity contribution in [2.45, 2.75) is 25.8 Å². The SMILES string of the molecule is CC(NC(=O)/C(C#N)=C\c1ccc(F)cc1)c1ccc2c(c1)CCC(=O)N2. The van der Waals surface area contributed by atoms with Crippen molar-refractivity contribution in [1.82, 2.24) is 5.32 Å². The molecule has 1 aliphatic heterocycles. The number of nitrogens with one attached hydrogen (secondary N) is 2. The quantitative estimate of drug-likeness (QED) is 0.644. The second-order valence-electron chi connectivity index (χ2n) is 6.38. The van der Waals surface area contributed by atoms with Gasteiger partial charge in [-0.3, -0.25) is 9.59 Å². The summed E-state index contributed by atoms with van der Waals surface area (Å²) >= 11 is 0. The predicted molar refractivity (Wildman–Crippen MR) is 99.9 cm³/mol. The van der Waals surface area contributed by atoms with E-state index in [0.717, 1.165) is 16.8 Å². The number of benzene rings is 2. The Kier molecular flexibility index (Phi) is 5.32. The van der Waals surface area contributed by atoms with Gasteiger partial charge in [-0.25, -0.2) is 4.39 Å². The Morgan fingerprint density at radius 3 is 2.70 bits per heavy atom. The summed E-state index contributed by atoms with van der Waals surface area (Å²) in [5, 5.41) is 14.9. The van der Waals surface area contributed by atoms with Gasteiger partial charge in [-0.05, 0) is 54.3 Å². The molecule has 0 fully saturated rings. The first-order valence-electron chi connectivity index (χ1n) is 8.57. The Hall–Kier alpha value is -3.46. The number of aryl methyl sites for hydroxylation is 1. The zero-order chi connectivity index (χ0) is 19.4. The average molecular weight is 363 g/mol. The molecule has 2 aromatic carbocycles. The zero-order valence-electron chi connectivity index (χ0n) is 14.8. The molecule has 136 valence electrons. The lowest BCUT2D eigenvalue weighted by molar-refractivity contribution is -0.118. The fraction of sp³-hybridized carbons (Fsp3) is 0.190. The van der Waals surface area contributed by atoms with Crippen LogP contribution in [-0.4, -0.2) is 11.8 Å². The highest BCUT2D eigenvalue weighted by Gasteiger charge is 2.18. The molecule has 0 aromatic heterocycles. The molecule has 0 saturated heterocycles. The van der Waals surface area contributed by atoms with E-state index in [2.05, 4.69) is 10.6 Å². The highest BCUT2D eigenvalue weighted by molar-refractivity contribution is 6.01. The third-order valence-corrected chi connectivity index (χ3v) is 4.42.